The lowest BCUT2D eigenvalue weighted by Crippen LogP contribution is -2.05. The van der Waals surface area contributed by atoms with Crippen LogP contribution in [0.25, 0.3) is 0 Å². The standard InChI is InChI=1S/C12H14FN5/c1-2-15-10-7-11(18-12(14)17-10)16-9-5-3-4-8(13)6-9/h3-7H,2H2,1H3,(H4,14,15,16,17,18). The van der Waals surface area contributed by atoms with Gasteiger partial charge in [-0.05, 0) is 25.1 Å². The van der Waals surface area contributed by atoms with E-state index in [9.17, 15) is 4.39 Å². The van der Waals surface area contributed by atoms with Crippen LogP contribution in [0.2, 0.25) is 0 Å². The molecule has 2 rings (SSSR count). The maximum absolute atomic E-state index is 13.0. The zero-order valence-corrected chi connectivity index (χ0v) is 9.94. The average Bonchev–Trinajstić information content (AvgIpc) is 2.28. The van der Waals surface area contributed by atoms with Crippen molar-refractivity contribution in [3.8, 4) is 0 Å². The molecule has 0 amide bonds. The normalized spacial score (nSPS) is 10.1. The van der Waals surface area contributed by atoms with Crippen molar-refractivity contribution in [2.75, 3.05) is 22.9 Å². The first-order chi connectivity index (χ1) is 8.67. The molecule has 0 aliphatic rings. The molecule has 18 heavy (non-hydrogen) atoms. The zero-order valence-electron chi connectivity index (χ0n) is 9.94. The Morgan fingerprint density at radius 3 is 2.72 bits per heavy atom. The van der Waals surface area contributed by atoms with E-state index in [0.717, 1.165) is 6.54 Å². The molecule has 0 aliphatic carbocycles. The van der Waals surface area contributed by atoms with Crippen LogP contribution < -0.4 is 16.4 Å². The number of hydrogen-bond acceptors (Lipinski definition) is 5. The minimum absolute atomic E-state index is 0.160. The molecule has 0 atom stereocenters. The third kappa shape index (κ3) is 3.07. The summed E-state index contributed by atoms with van der Waals surface area (Å²) in [6.45, 7) is 2.69. The van der Waals surface area contributed by atoms with Crippen molar-refractivity contribution >= 4 is 23.3 Å². The van der Waals surface area contributed by atoms with Gasteiger partial charge in [0.15, 0.2) is 0 Å². The van der Waals surface area contributed by atoms with Gasteiger partial charge in [-0.25, -0.2) is 4.39 Å². The van der Waals surface area contributed by atoms with Gasteiger partial charge in [-0.15, -0.1) is 0 Å². The Balaban J connectivity index is 2.23. The predicted molar refractivity (Wildman–Crippen MR) is 70.3 cm³/mol. The van der Waals surface area contributed by atoms with E-state index in [-0.39, 0.29) is 11.8 Å². The molecule has 0 fully saturated rings. The van der Waals surface area contributed by atoms with Gasteiger partial charge in [0.25, 0.3) is 0 Å². The third-order valence-electron chi connectivity index (χ3n) is 2.20. The highest BCUT2D eigenvalue weighted by atomic mass is 19.1. The van der Waals surface area contributed by atoms with Gasteiger partial charge in [0.2, 0.25) is 5.95 Å². The zero-order chi connectivity index (χ0) is 13.0. The van der Waals surface area contributed by atoms with Crippen LogP contribution in [0.1, 0.15) is 6.92 Å². The van der Waals surface area contributed by atoms with Gasteiger partial charge in [-0.2, -0.15) is 9.97 Å². The van der Waals surface area contributed by atoms with E-state index in [1.807, 2.05) is 6.92 Å². The highest BCUT2D eigenvalue weighted by Gasteiger charge is 2.02. The van der Waals surface area contributed by atoms with Crippen LogP contribution in [0.5, 0.6) is 0 Å². The van der Waals surface area contributed by atoms with Crippen LogP contribution >= 0.6 is 0 Å². The maximum atomic E-state index is 13.0. The summed E-state index contributed by atoms with van der Waals surface area (Å²) in [7, 11) is 0. The van der Waals surface area contributed by atoms with Crippen molar-refractivity contribution in [3.05, 3.63) is 36.1 Å². The van der Waals surface area contributed by atoms with Crippen LogP contribution in [0.15, 0.2) is 30.3 Å². The first-order valence-corrected chi connectivity index (χ1v) is 5.58. The Bertz CT molecular complexity index is 544. The van der Waals surface area contributed by atoms with Crippen molar-refractivity contribution in [1.29, 1.82) is 0 Å². The third-order valence-corrected chi connectivity index (χ3v) is 2.20. The summed E-state index contributed by atoms with van der Waals surface area (Å²) in [5.74, 6) is 0.995. The van der Waals surface area contributed by atoms with Crippen molar-refractivity contribution in [2.45, 2.75) is 6.92 Å². The number of halogens is 1. The van der Waals surface area contributed by atoms with Crippen LogP contribution in [0.3, 0.4) is 0 Å². The Morgan fingerprint density at radius 2 is 2.00 bits per heavy atom. The molecular formula is C12H14FN5. The number of benzene rings is 1. The van der Waals surface area contributed by atoms with Gasteiger partial charge < -0.3 is 16.4 Å². The molecule has 0 radical (unpaired) electrons. The minimum atomic E-state index is -0.311. The number of hydrogen-bond donors (Lipinski definition) is 3. The molecule has 6 heteroatoms. The smallest absolute Gasteiger partial charge is 0.223 e. The van der Waals surface area contributed by atoms with Crippen LogP contribution in [-0.4, -0.2) is 16.5 Å². The summed E-state index contributed by atoms with van der Waals surface area (Å²) < 4.78 is 13.0. The maximum Gasteiger partial charge on any atom is 0.223 e. The molecule has 1 aromatic heterocycles. The summed E-state index contributed by atoms with van der Waals surface area (Å²) in [6.07, 6.45) is 0. The lowest BCUT2D eigenvalue weighted by atomic mass is 10.3. The Morgan fingerprint density at radius 1 is 1.22 bits per heavy atom. The molecule has 5 nitrogen and oxygen atoms in total. The summed E-state index contributed by atoms with van der Waals surface area (Å²) in [4.78, 5) is 8.06. The van der Waals surface area contributed by atoms with E-state index >= 15 is 0 Å². The van der Waals surface area contributed by atoms with E-state index in [1.165, 1.54) is 12.1 Å². The molecule has 0 saturated heterocycles. The van der Waals surface area contributed by atoms with Crippen molar-refractivity contribution in [3.63, 3.8) is 0 Å². The molecule has 0 aliphatic heterocycles. The van der Waals surface area contributed by atoms with Gasteiger partial charge in [-0.1, -0.05) is 6.07 Å². The van der Waals surface area contributed by atoms with Crippen molar-refractivity contribution in [1.82, 2.24) is 9.97 Å². The number of nitrogens with two attached hydrogens (primary N) is 1. The second-order valence-corrected chi connectivity index (χ2v) is 3.66. The fourth-order valence-electron chi connectivity index (χ4n) is 1.52. The summed E-state index contributed by atoms with van der Waals surface area (Å²) in [6, 6.07) is 7.83. The fraction of sp³-hybridized carbons (Fsp3) is 0.167. The Hall–Kier alpha value is -2.37. The quantitative estimate of drug-likeness (QED) is 0.773. The van der Waals surface area contributed by atoms with E-state index in [2.05, 4.69) is 20.6 Å². The number of aromatic nitrogens is 2. The van der Waals surface area contributed by atoms with Gasteiger partial charge in [0.05, 0.1) is 0 Å². The molecule has 1 heterocycles. The molecule has 2 aromatic rings. The molecule has 0 saturated carbocycles. The molecule has 4 N–H and O–H groups in total. The first-order valence-electron chi connectivity index (χ1n) is 5.58. The van der Waals surface area contributed by atoms with Crippen molar-refractivity contribution < 1.29 is 4.39 Å². The van der Waals surface area contributed by atoms with E-state index in [1.54, 1.807) is 18.2 Å². The molecular weight excluding hydrogens is 233 g/mol. The first kappa shape index (κ1) is 12.1. The second kappa shape index (κ2) is 5.31. The largest absolute Gasteiger partial charge is 0.370 e. The Labute approximate surface area is 104 Å². The van der Waals surface area contributed by atoms with E-state index < -0.39 is 0 Å². The lowest BCUT2D eigenvalue weighted by molar-refractivity contribution is 0.628. The van der Waals surface area contributed by atoms with Crippen LogP contribution in [0, 0.1) is 5.82 Å². The molecule has 0 unspecified atom stereocenters. The Kier molecular flexibility index (Phi) is 3.57. The average molecular weight is 247 g/mol. The molecule has 94 valence electrons. The van der Waals surface area contributed by atoms with Gasteiger partial charge in [0, 0.05) is 18.3 Å². The molecule has 1 aromatic carbocycles. The topological polar surface area (TPSA) is 75.9 Å². The second-order valence-electron chi connectivity index (χ2n) is 3.66. The highest BCUT2D eigenvalue weighted by Crippen LogP contribution is 2.18. The number of rotatable bonds is 4. The van der Waals surface area contributed by atoms with Crippen LogP contribution in [0.4, 0.5) is 27.7 Å². The van der Waals surface area contributed by atoms with Crippen molar-refractivity contribution in [2.24, 2.45) is 0 Å². The highest BCUT2D eigenvalue weighted by molar-refractivity contribution is 5.60. The fourth-order valence-corrected chi connectivity index (χ4v) is 1.52. The van der Waals surface area contributed by atoms with Gasteiger partial charge >= 0.3 is 0 Å². The number of nitrogens with zero attached hydrogens (tertiary/aromatic N) is 2. The minimum Gasteiger partial charge on any atom is -0.370 e. The number of nitrogen functional groups attached to an aromatic ring is 1. The molecule has 0 spiro atoms. The summed E-state index contributed by atoms with van der Waals surface area (Å²) in [5, 5.41) is 6.01. The van der Waals surface area contributed by atoms with E-state index in [0.29, 0.717) is 17.3 Å². The van der Waals surface area contributed by atoms with E-state index in [4.69, 9.17) is 5.73 Å². The summed E-state index contributed by atoms with van der Waals surface area (Å²) >= 11 is 0. The number of nitrogens with one attached hydrogen (secondary N) is 2. The monoisotopic (exact) mass is 247 g/mol. The molecule has 0 bridgehead atoms. The number of anilines is 4. The van der Waals surface area contributed by atoms with Gasteiger partial charge in [-0.3, -0.25) is 0 Å². The van der Waals surface area contributed by atoms with Crippen LogP contribution in [-0.2, 0) is 0 Å². The lowest BCUT2D eigenvalue weighted by Gasteiger charge is -2.08. The van der Waals surface area contributed by atoms with Gasteiger partial charge in [0.1, 0.15) is 17.5 Å². The predicted octanol–water partition coefficient (Wildman–Crippen LogP) is 2.37. The summed E-state index contributed by atoms with van der Waals surface area (Å²) in [5.41, 5.74) is 6.20. The SMILES string of the molecule is CCNc1cc(Nc2cccc(F)c2)nc(N)n1.